The van der Waals surface area contributed by atoms with Crippen molar-refractivity contribution in [3.05, 3.63) is 47.8 Å². The van der Waals surface area contributed by atoms with Gasteiger partial charge in [-0.3, -0.25) is 4.79 Å². The third-order valence-electron chi connectivity index (χ3n) is 3.43. The number of aromatic nitrogens is 2. The number of rotatable bonds is 5. The van der Waals surface area contributed by atoms with Gasteiger partial charge in [0.25, 0.3) is 5.91 Å². The maximum atomic E-state index is 12.9. The highest BCUT2D eigenvalue weighted by Crippen LogP contribution is 2.34. The molecular formula is C16H17F3N4O. The normalized spacial score (nSPS) is 11.2. The van der Waals surface area contributed by atoms with Crippen LogP contribution in [0.3, 0.4) is 0 Å². The zero-order valence-corrected chi connectivity index (χ0v) is 13.3. The molecule has 1 amide bonds. The van der Waals surface area contributed by atoms with Gasteiger partial charge in [-0.05, 0) is 26.0 Å². The maximum Gasteiger partial charge on any atom is 0.418 e. The van der Waals surface area contributed by atoms with Gasteiger partial charge in [0.05, 0.1) is 16.8 Å². The van der Waals surface area contributed by atoms with Crippen molar-refractivity contribution in [3.63, 3.8) is 0 Å². The van der Waals surface area contributed by atoms with Crippen LogP contribution >= 0.6 is 0 Å². The third-order valence-corrected chi connectivity index (χ3v) is 3.43. The van der Waals surface area contributed by atoms with E-state index in [2.05, 4.69) is 15.3 Å². The van der Waals surface area contributed by atoms with Gasteiger partial charge in [0.1, 0.15) is 0 Å². The second kappa shape index (κ2) is 7.29. The molecule has 0 fully saturated rings. The van der Waals surface area contributed by atoms with Gasteiger partial charge in [0.15, 0.2) is 0 Å². The van der Waals surface area contributed by atoms with Gasteiger partial charge in [0.2, 0.25) is 5.95 Å². The molecule has 0 aliphatic rings. The summed E-state index contributed by atoms with van der Waals surface area (Å²) in [7, 11) is 0. The van der Waals surface area contributed by atoms with Crippen LogP contribution < -0.4 is 10.2 Å². The monoisotopic (exact) mass is 338 g/mol. The second-order valence-electron chi connectivity index (χ2n) is 4.94. The SMILES string of the molecule is CCN(CC)c1ncc(C(=O)Nc2ccccc2C(F)(F)F)cn1. The first-order valence-electron chi connectivity index (χ1n) is 7.41. The van der Waals surface area contributed by atoms with E-state index in [1.165, 1.54) is 30.6 Å². The van der Waals surface area contributed by atoms with E-state index >= 15 is 0 Å². The molecule has 0 aliphatic carbocycles. The quantitative estimate of drug-likeness (QED) is 0.905. The van der Waals surface area contributed by atoms with Crippen molar-refractivity contribution in [3.8, 4) is 0 Å². The molecule has 5 nitrogen and oxygen atoms in total. The molecule has 0 bridgehead atoms. The lowest BCUT2D eigenvalue weighted by molar-refractivity contribution is -0.136. The fourth-order valence-electron chi connectivity index (χ4n) is 2.14. The van der Waals surface area contributed by atoms with Crippen molar-refractivity contribution < 1.29 is 18.0 Å². The largest absolute Gasteiger partial charge is 0.418 e. The minimum atomic E-state index is -4.55. The molecule has 2 rings (SSSR count). The number of para-hydroxylation sites is 1. The van der Waals surface area contributed by atoms with Crippen molar-refractivity contribution in [1.82, 2.24) is 9.97 Å². The molecular weight excluding hydrogens is 321 g/mol. The number of halogens is 3. The number of hydrogen-bond donors (Lipinski definition) is 1. The van der Waals surface area contributed by atoms with Crippen LogP contribution in [-0.4, -0.2) is 29.0 Å². The predicted molar refractivity (Wildman–Crippen MR) is 85.0 cm³/mol. The van der Waals surface area contributed by atoms with Gasteiger partial charge >= 0.3 is 6.18 Å². The lowest BCUT2D eigenvalue weighted by Crippen LogP contribution is -2.24. The van der Waals surface area contributed by atoms with Crippen LogP contribution in [0.5, 0.6) is 0 Å². The lowest BCUT2D eigenvalue weighted by Gasteiger charge is -2.18. The number of hydrogen-bond acceptors (Lipinski definition) is 4. The van der Waals surface area contributed by atoms with E-state index in [4.69, 9.17) is 0 Å². The molecule has 1 heterocycles. The molecule has 0 saturated carbocycles. The molecule has 1 aromatic heterocycles. The topological polar surface area (TPSA) is 58.1 Å². The Balaban J connectivity index is 2.19. The first kappa shape index (κ1) is 17.7. The Morgan fingerprint density at radius 3 is 2.25 bits per heavy atom. The number of alkyl halides is 3. The van der Waals surface area contributed by atoms with Gasteiger partial charge in [-0.1, -0.05) is 12.1 Å². The number of nitrogens with one attached hydrogen (secondary N) is 1. The fraction of sp³-hybridized carbons (Fsp3) is 0.312. The number of amides is 1. The van der Waals surface area contributed by atoms with Crippen LogP contribution in [-0.2, 0) is 6.18 Å². The zero-order valence-electron chi connectivity index (χ0n) is 13.3. The number of benzene rings is 1. The Kier molecular flexibility index (Phi) is 5.38. The van der Waals surface area contributed by atoms with Crippen molar-refractivity contribution >= 4 is 17.5 Å². The molecule has 0 radical (unpaired) electrons. The van der Waals surface area contributed by atoms with Crippen LogP contribution in [0.4, 0.5) is 24.8 Å². The molecule has 0 aliphatic heterocycles. The van der Waals surface area contributed by atoms with E-state index < -0.39 is 17.6 Å². The van der Waals surface area contributed by atoms with Gasteiger partial charge in [0, 0.05) is 25.5 Å². The van der Waals surface area contributed by atoms with E-state index in [0.29, 0.717) is 19.0 Å². The molecule has 8 heteroatoms. The fourth-order valence-corrected chi connectivity index (χ4v) is 2.14. The zero-order chi connectivity index (χ0) is 17.7. The molecule has 0 unspecified atom stereocenters. The van der Waals surface area contributed by atoms with Gasteiger partial charge in [-0.25, -0.2) is 9.97 Å². The summed E-state index contributed by atoms with van der Waals surface area (Å²) in [6.45, 7) is 5.31. The molecule has 128 valence electrons. The summed E-state index contributed by atoms with van der Waals surface area (Å²) in [5.74, 6) is -0.231. The summed E-state index contributed by atoms with van der Waals surface area (Å²) >= 11 is 0. The van der Waals surface area contributed by atoms with Crippen LogP contribution in [0.25, 0.3) is 0 Å². The molecule has 0 atom stereocenters. The predicted octanol–water partition coefficient (Wildman–Crippen LogP) is 3.59. The van der Waals surface area contributed by atoms with E-state index in [0.717, 1.165) is 6.07 Å². The summed E-state index contributed by atoms with van der Waals surface area (Å²) in [5, 5.41) is 2.26. The van der Waals surface area contributed by atoms with Crippen molar-refractivity contribution in [2.75, 3.05) is 23.3 Å². The number of carbonyl (C=O) groups is 1. The maximum absolute atomic E-state index is 12.9. The summed E-state index contributed by atoms with van der Waals surface area (Å²) in [4.78, 5) is 22.2. The summed E-state index contributed by atoms with van der Waals surface area (Å²) in [6.07, 6.45) is -1.95. The van der Waals surface area contributed by atoms with Crippen LogP contribution in [0.2, 0.25) is 0 Å². The highest BCUT2D eigenvalue weighted by Gasteiger charge is 2.33. The van der Waals surface area contributed by atoms with E-state index in [1.807, 2.05) is 18.7 Å². The number of anilines is 2. The van der Waals surface area contributed by atoms with Crippen LogP contribution in [0.15, 0.2) is 36.7 Å². The minimum absolute atomic E-state index is 0.0860. The lowest BCUT2D eigenvalue weighted by atomic mass is 10.1. The summed E-state index contributed by atoms with van der Waals surface area (Å²) < 4.78 is 38.8. The second-order valence-corrected chi connectivity index (χ2v) is 4.94. The molecule has 0 saturated heterocycles. The molecule has 1 aromatic carbocycles. The average molecular weight is 338 g/mol. The van der Waals surface area contributed by atoms with Crippen molar-refractivity contribution in [2.24, 2.45) is 0 Å². The Morgan fingerprint density at radius 1 is 1.12 bits per heavy atom. The van der Waals surface area contributed by atoms with Gasteiger partial charge in [-0.15, -0.1) is 0 Å². The van der Waals surface area contributed by atoms with Crippen molar-refractivity contribution in [1.29, 1.82) is 0 Å². The van der Waals surface area contributed by atoms with Gasteiger partial charge < -0.3 is 10.2 Å². The Hall–Kier alpha value is -2.64. The molecule has 24 heavy (non-hydrogen) atoms. The molecule has 2 aromatic rings. The van der Waals surface area contributed by atoms with E-state index in [9.17, 15) is 18.0 Å². The molecule has 0 spiro atoms. The Labute approximate surface area is 137 Å². The smallest absolute Gasteiger partial charge is 0.341 e. The molecule has 1 N–H and O–H groups in total. The number of nitrogens with zero attached hydrogens (tertiary/aromatic N) is 3. The van der Waals surface area contributed by atoms with Crippen molar-refractivity contribution in [2.45, 2.75) is 20.0 Å². The summed E-state index contributed by atoms with van der Waals surface area (Å²) in [5.41, 5.74) is -1.12. The third kappa shape index (κ3) is 4.01. The van der Waals surface area contributed by atoms with E-state index in [1.54, 1.807) is 0 Å². The van der Waals surface area contributed by atoms with Gasteiger partial charge in [-0.2, -0.15) is 13.2 Å². The summed E-state index contributed by atoms with van der Waals surface area (Å²) in [6, 6.07) is 4.80. The van der Waals surface area contributed by atoms with Crippen LogP contribution in [0.1, 0.15) is 29.8 Å². The minimum Gasteiger partial charge on any atom is -0.341 e. The first-order chi connectivity index (χ1) is 11.4. The van der Waals surface area contributed by atoms with E-state index in [-0.39, 0.29) is 11.3 Å². The standard InChI is InChI=1S/C16H17F3N4O/c1-3-23(4-2)15-20-9-11(10-21-15)14(24)22-13-8-6-5-7-12(13)16(17,18)19/h5-10H,3-4H2,1-2H3,(H,22,24). The highest BCUT2D eigenvalue weighted by atomic mass is 19.4. The Morgan fingerprint density at radius 2 is 1.71 bits per heavy atom. The Bertz CT molecular complexity index is 697. The first-order valence-corrected chi connectivity index (χ1v) is 7.41. The average Bonchev–Trinajstić information content (AvgIpc) is 2.56. The van der Waals surface area contributed by atoms with Crippen LogP contribution in [0, 0.1) is 0 Å². The number of carbonyl (C=O) groups excluding carboxylic acids is 1. The highest BCUT2D eigenvalue weighted by molar-refractivity contribution is 6.04.